The molecule has 4 nitrogen and oxygen atoms in total. The molecule has 0 aliphatic heterocycles. The molecular formula is C9H19NO3. The highest BCUT2D eigenvalue weighted by Gasteiger charge is 2.08. The largest absolute Gasteiger partial charge is 0.481 e. The zero-order valence-electron chi connectivity index (χ0n) is 8.59. The summed E-state index contributed by atoms with van der Waals surface area (Å²) >= 11 is 0. The minimum atomic E-state index is -0.751. The molecule has 0 aliphatic carbocycles. The van der Waals surface area contributed by atoms with Gasteiger partial charge in [-0.15, -0.1) is 0 Å². The number of aliphatic carboxylic acids is 1. The van der Waals surface area contributed by atoms with Crippen LogP contribution in [0.15, 0.2) is 0 Å². The van der Waals surface area contributed by atoms with Crippen molar-refractivity contribution in [1.29, 1.82) is 0 Å². The minimum Gasteiger partial charge on any atom is -0.481 e. The SMILES string of the molecule is CC(C)(C)OCNCCCC(=O)O. The standard InChI is InChI=1S/C9H19NO3/c1-9(2,3)13-7-10-6-4-5-8(11)12/h10H,4-7H2,1-3H3,(H,11,12). The topological polar surface area (TPSA) is 58.6 Å². The molecule has 0 saturated carbocycles. The van der Waals surface area contributed by atoms with Crippen LogP contribution in [0.3, 0.4) is 0 Å². The highest BCUT2D eigenvalue weighted by molar-refractivity contribution is 5.66. The fourth-order valence-corrected chi connectivity index (χ4v) is 0.704. The molecule has 0 radical (unpaired) electrons. The minimum absolute atomic E-state index is 0.139. The molecule has 0 atom stereocenters. The molecule has 0 fully saturated rings. The molecule has 0 saturated heterocycles. The molecule has 78 valence electrons. The van der Waals surface area contributed by atoms with Crippen LogP contribution in [0.2, 0.25) is 0 Å². The van der Waals surface area contributed by atoms with Gasteiger partial charge in [0.05, 0.1) is 12.3 Å². The molecule has 4 heteroatoms. The van der Waals surface area contributed by atoms with Gasteiger partial charge in [0.2, 0.25) is 0 Å². The van der Waals surface area contributed by atoms with Crippen molar-refractivity contribution in [1.82, 2.24) is 5.32 Å². The Bertz CT molecular complexity index is 151. The van der Waals surface area contributed by atoms with Crippen molar-refractivity contribution >= 4 is 5.97 Å². The number of hydrogen-bond donors (Lipinski definition) is 2. The monoisotopic (exact) mass is 189 g/mol. The van der Waals surface area contributed by atoms with Crippen LogP contribution in [0, 0.1) is 0 Å². The van der Waals surface area contributed by atoms with E-state index in [2.05, 4.69) is 5.32 Å². The van der Waals surface area contributed by atoms with Gasteiger partial charge < -0.3 is 9.84 Å². The third kappa shape index (κ3) is 11.4. The molecule has 0 bridgehead atoms. The van der Waals surface area contributed by atoms with Crippen molar-refractivity contribution in [2.24, 2.45) is 0 Å². The molecule has 0 aromatic rings. The van der Waals surface area contributed by atoms with Crippen molar-refractivity contribution in [2.45, 2.75) is 39.2 Å². The molecule has 2 N–H and O–H groups in total. The van der Waals surface area contributed by atoms with Crippen LogP contribution < -0.4 is 5.32 Å². The highest BCUT2D eigenvalue weighted by atomic mass is 16.5. The lowest BCUT2D eigenvalue weighted by Crippen LogP contribution is -2.28. The Morgan fingerprint density at radius 1 is 1.46 bits per heavy atom. The van der Waals surface area contributed by atoms with Crippen molar-refractivity contribution in [2.75, 3.05) is 13.3 Å². The molecule has 0 unspecified atom stereocenters. The maximum absolute atomic E-state index is 10.1. The highest BCUT2D eigenvalue weighted by Crippen LogP contribution is 2.04. The number of carbonyl (C=O) groups is 1. The van der Waals surface area contributed by atoms with E-state index < -0.39 is 5.97 Å². The number of carboxylic acid groups (broad SMARTS) is 1. The fraction of sp³-hybridized carbons (Fsp3) is 0.889. The van der Waals surface area contributed by atoms with Crippen LogP contribution in [0.4, 0.5) is 0 Å². The van der Waals surface area contributed by atoms with Gasteiger partial charge >= 0.3 is 5.97 Å². The van der Waals surface area contributed by atoms with E-state index in [0.29, 0.717) is 19.7 Å². The van der Waals surface area contributed by atoms with Crippen molar-refractivity contribution in [3.8, 4) is 0 Å². The first-order valence-corrected chi connectivity index (χ1v) is 4.48. The maximum Gasteiger partial charge on any atom is 0.303 e. The third-order valence-corrected chi connectivity index (χ3v) is 1.35. The normalized spacial score (nSPS) is 11.6. The van der Waals surface area contributed by atoms with Crippen LogP contribution in [-0.4, -0.2) is 30.0 Å². The summed E-state index contributed by atoms with van der Waals surface area (Å²) in [6.45, 7) is 7.09. The summed E-state index contributed by atoms with van der Waals surface area (Å²) in [6.07, 6.45) is 0.853. The predicted molar refractivity (Wildman–Crippen MR) is 50.6 cm³/mol. The van der Waals surface area contributed by atoms with E-state index in [-0.39, 0.29) is 12.0 Å². The summed E-state index contributed by atoms with van der Waals surface area (Å²) in [4.78, 5) is 10.1. The molecular weight excluding hydrogens is 170 g/mol. The Morgan fingerprint density at radius 3 is 2.54 bits per heavy atom. The van der Waals surface area contributed by atoms with Crippen molar-refractivity contribution in [3.63, 3.8) is 0 Å². The number of nitrogens with one attached hydrogen (secondary N) is 1. The molecule has 0 aromatic heterocycles. The zero-order valence-corrected chi connectivity index (χ0v) is 8.59. The second-order valence-corrected chi connectivity index (χ2v) is 3.90. The number of carboxylic acids is 1. The van der Waals surface area contributed by atoms with E-state index in [1.807, 2.05) is 20.8 Å². The second-order valence-electron chi connectivity index (χ2n) is 3.90. The van der Waals surface area contributed by atoms with Gasteiger partial charge in [0.25, 0.3) is 0 Å². The molecule has 0 spiro atoms. The summed E-state index contributed by atoms with van der Waals surface area (Å²) in [5.41, 5.74) is -0.139. The Balaban J connectivity index is 3.13. The molecule has 0 rings (SSSR count). The Labute approximate surface area is 79.3 Å². The van der Waals surface area contributed by atoms with Crippen LogP contribution in [0.25, 0.3) is 0 Å². The quantitative estimate of drug-likeness (QED) is 0.487. The second kappa shape index (κ2) is 5.94. The van der Waals surface area contributed by atoms with Crippen molar-refractivity contribution in [3.05, 3.63) is 0 Å². The molecule has 13 heavy (non-hydrogen) atoms. The van der Waals surface area contributed by atoms with E-state index in [1.54, 1.807) is 0 Å². The Hall–Kier alpha value is -0.610. The Kier molecular flexibility index (Phi) is 5.66. The third-order valence-electron chi connectivity index (χ3n) is 1.35. The van der Waals surface area contributed by atoms with Gasteiger partial charge in [-0.25, -0.2) is 0 Å². The lowest BCUT2D eigenvalue weighted by atomic mass is 10.2. The molecule has 0 heterocycles. The van der Waals surface area contributed by atoms with Gasteiger partial charge in [-0.2, -0.15) is 0 Å². The van der Waals surface area contributed by atoms with E-state index in [0.717, 1.165) is 0 Å². The van der Waals surface area contributed by atoms with Crippen LogP contribution in [0.1, 0.15) is 33.6 Å². The first kappa shape index (κ1) is 12.4. The van der Waals surface area contributed by atoms with E-state index in [1.165, 1.54) is 0 Å². The van der Waals surface area contributed by atoms with Gasteiger partial charge in [0.15, 0.2) is 0 Å². The van der Waals surface area contributed by atoms with Crippen molar-refractivity contribution < 1.29 is 14.6 Å². The lowest BCUT2D eigenvalue weighted by molar-refractivity contribution is -0.137. The fourth-order valence-electron chi connectivity index (χ4n) is 0.704. The van der Waals surface area contributed by atoms with E-state index in [9.17, 15) is 4.79 Å². The van der Waals surface area contributed by atoms with Crippen LogP contribution in [-0.2, 0) is 9.53 Å². The van der Waals surface area contributed by atoms with E-state index in [4.69, 9.17) is 9.84 Å². The number of rotatable bonds is 6. The lowest BCUT2D eigenvalue weighted by Gasteiger charge is -2.19. The first-order chi connectivity index (χ1) is 5.92. The van der Waals surface area contributed by atoms with Gasteiger partial charge in [-0.1, -0.05) is 0 Å². The predicted octanol–water partition coefficient (Wildman–Crippen LogP) is 1.21. The first-order valence-electron chi connectivity index (χ1n) is 4.48. The van der Waals surface area contributed by atoms with Crippen LogP contribution >= 0.6 is 0 Å². The molecule has 0 amide bonds. The Morgan fingerprint density at radius 2 is 2.08 bits per heavy atom. The smallest absolute Gasteiger partial charge is 0.303 e. The average molecular weight is 189 g/mol. The van der Waals surface area contributed by atoms with Gasteiger partial charge in [0.1, 0.15) is 0 Å². The zero-order chi connectivity index (χ0) is 10.3. The van der Waals surface area contributed by atoms with Gasteiger partial charge in [-0.3, -0.25) is 10.1 Å². The van der Waals surface area contributed by atoms with Crippen LogP contribution in [0.5, 0.6) is 0 Å². The van der Waals surface area contributed by atoms with Gasteiger partial charge in [0, 0.05) is 6.42 Å². The summed E-state index contributed by atoms with van der Waals surface area (Å²) < 4.78 is 5.38. The number of hydrogen-bond acceptors (Lipinski definition) is 3. The molecule has 0 aromatic carbocycles. The summed E-state index contributed by atoms with van der Waals surface area (Å²) in [6, 6.07) is 0. The maximum atomic E-state index is 10.1. The average Bonchev–Trinajstić information content (AvgIpc) is 1.93. The van der Waals surface area contributed by atoms with Gasteiger partial charge in [-0.05, 0) is 33.7 Å². The number of ether oxygens (including phenoxy) is 1. The summed E-state index contributed by atoms with van der Waals surface area (Å²) in [5.74, 6) is -0.751. The summed E-state index contributed by atoms with van der Waals surface area (Å²) in [5, 5.41) is 11.4. The molecule has 0 aliphatic rings. The summed E-state index contributed by atoms with van der Waals surface area (Å²) in [7, 11) is 0. The van der Waals surface area contributed by atoms with E-state index >= 15 is 0 Å².